The topological polar surface area (TPSA) is 58.6 Å². The zero-order valence-corrected chi connectivity index (χ0v) is 7.63. The van der Waals surface area contributed by atoms with Gasteiger partial charge in [0.25, 0.3) is 0 Å². The third kappa shape index (κ3) is 2.11. The van der Waals surface area contributed by atoms with Crippen molar-refractivity contribution in [1.82, 2.24) is 0 Å². The molecule has 13 heavy (non-hydrogen) atoms. The van der Waals surface area contributed by atoms with Gasteiger partial charge in [-0.15, -0.1) is 0 Å². The minimum Gasteiger partial charge on any atom is -0.465 e. The summed E-state index contributed by atoms with van der Waals surface area (Å²) >= 11 is 5.67. The average Bonchev–Trinajstić information content (AvgIpc) is 2.17. The van der Waals surface area contributed by atoms with Crippen molar-refractivity contribution in [2.75, 3.05) is 12.6 Å². The fourth-order valence-corrected chi connectivity index (χ4v) is 1.02. The van der Waals surface area contributed by atoms with Crippen molar-refractivity contribution in [3.8, 4) is 0 Å². The molecule has 0 heterocycles. The highest BCUT2D eigenvalue weighted by Crippen LogP contribution is 2.22. The first-order valence-electron chi connectivity index (χ1n) is 3.47. The quantitative estimate of drug-likeness (QED) is 0.567. The van der Waals surface area contributed by atoms with Gasteiger partial charge in [0, 0.05) is 0 Å². The maximum absolute atomic E-state index is 11.0. The van der Waals surface area contributed by atoms with Crippen LogP contribution in [-0.2, 0) is 4.74 Å². The van der Waals surface area contributed by atoms with Gasteiger partial charge in [-0.25, -0.2) is 4.79 Å². The first-order valence-corrected chi connectivity index (χ1v) is 3.85. The van der Waals surface area contributed by atoms with Crippen LogP contribution in [0.4, 0.5) is 5.69 Å². The molecule has 2 N–H and O–H groups in total. The Morgan fingerprint density at radius 3 is 2.85 bits per heavy atom. The third-order valence-corrected chi connectivity index (χ3v) is 1.84. The van der Waals surface area contributed by atoms with Gasteiger partial charge < -0.3 is 4.74 Å². The van der Waals surface area contributed by atoms with Crippen LogP contribution in [0.1, 0.15) is 10.4 Å². The first kappa shape index (κ1) is 9.83. The van der Waals surface area contributed by atoms with Crippen molar-refractivity contribution in [3.63, 3.8) is 0 Å². The fourth-order valence-electron chi connectivity index (χ4n) is 0.856. The molecule has 0 saturated heterocycles. The number of halogens is 1. The summed E-state index contributed by atoms with van der Waals surface area (Å²) in [5, 5.41) is 8.94. The number of rotatable bonds is 2. The van der Waals surface area contributed by atoms with Crippen molar-refractivity contribution < 1.29 is 14.7 Å². The number of carbonyl (C=O) groups is 1. The molecule has 0 atom stereocenters. The van der Waals surface area contributed by atoms with E-state index < -0.39 is 5.97 Å². The van der Waals surface area contributed by atoms with E-state index in [1.165, 1.54) is 25.3 Å². The van der Waals surface area contributed by atoms with Crippen LogP contribution >= 0.6 is 11.6 Å². The zero-order chi connectivity index (χ0) is 9.84. The predicted molar refractivity (Wildman–Crippen MR) is 48.2 cm³/mol. The van der Waals surface area contributed by atoms with Gasteiger partial charge in [-0.3, -0.25) is 10.7 Å². The van der Waals surface area contributed by atoms with Gasteiger partial charge in [0.15, 0.2) is 0 Å². The van der Waals surface area contributed by atoms with Crippen molar-refractivity contribution in [2.45, 2.75) is 0 Å². The van der Waals surface area contributed by atoms with Crippen LogP contribution in [-0.4, -0.2) is 18.3 Å². The minimum absolute atomic E-state index is 0.268. The Kier molecular flexibility index (Phi) is 3.11. The molecular formula is C8H8ClNO3. The summed E-state index contributed by atoms with van der Waals surface area (Å²) in [4.78, 5) is 11.0. The SMILES string of the molecule is COC(=O)c1ccc(Cl)c(NO)c1. The molecule has 0 aliphatic heterocycles. The molecule has 1 aromatic carbocycles. The maximum atomic E-state index is 11.0. The van der Waals surface area contributed by atoms with Crippen molar-refractivity contribution in [2.24, 2.45) is 0 Å². The van der Waals surface area contributed by atoms with Gasteiger partial charge in [-0.2, -0.15) is 0 Å². The molecule has 4 nitrogen and oxygen atoms in total. The number of nitrogens with one attached hydrogen (secondary N) is 1. The number of hydrogen-bond donors (Lipinski definition) is 2. The maximum Gasteiger partial charge on any atom is 0.337 e. The average molecular weight is 202 g/mol. The lowest BCUT2D eigenvalue weighted by Crippen LogP contribution is -2.02. The lowest BCUT2D eigenvalue weighted by molar-refractivity contribution is 0.0601. The van der Waals surface area contributed by atoms with Crippen LogP contribution in [0.3, 0.4) is 0 Å². The number of benzene rings is 1. The highest BCUT2D eigenvalue weighted by Gasteiger charge is 2.07. The standard InChI is InChI=1S/C8H8ClNO3/c1-13-8(11)5-2-3-6(9)7(4-5)10-12/h2-4,10,12H,1H3. The fraction of sp³-hybridized carbons (Fsp3) is 0.125. The van der Waals surface area contributed by atoms with Gasteiger partial charge in [0.1, 0.15) is 0 Å². The summed E-state index contributed by atoms with van der Waals surface area (Å²) in [5.41, 5.74) is 2.47. The van der Waals surface area contributed by atoms with Gasteiger partial charge >= 0.3 is 5.97 Å². The van der Waals surface area contributed by atoms with E-state index in [1.54, 1.807) is 0 Å². The van der Waals surface area contributed by atoms with E-state index in [0.717, 1.165) is 0 Å². The van der Waals surface area contributed by atoms with Crippen LogP contribution in [0, 0.1) is 0 Å². The molecule has 0 radical (unpaired) electrons. The first-order chi connectivity index (χ1) is 6.19. The van der Waals surface area contributed by atoms with E-state index in [4.69, 9.17) is 16.8 Å². The lowest BCUT2D eigenvalue weighted by atomic mass is 10.2. The molecule has 0 aliphatic rings. The molecule has 0 aromatic heterocycles. The van der Waals surface area contributed by atoms with E-state index >= 15 is 0 Å². The highest BCUT2D eigenvalue weighted by atomic mass is 35.5. The largest absolute Gasteiger partial charge is 0.465 e. The molecule has 1 aromatic rings. The molecule has 0 spiro atoms. The number of anilines is 1. The molecule has 0 amide bonds. The van der Waals surface area contributed by atoms with Crippen LogP contribution < -0.4 is 5.48 Å². The zero-order valence-electron chi connectivity index (χ0n) is 6.87. The molecule has 0 bridgehead atoms. The Morgan fingerprint density at radius 2 is 2.31 bits per heavy atom. The van der Waals surface area contributed by atoms with E-state index in [0.29, 0.717) is 10.6 Å². The summed E-state index contributed by atoms with van der Waals surface area (Å²) in [6, 6.07) is 4.40. The Labute approximate surface area is 80.0 Å². The van der Waals surface area contributed by atoms with Gasteiger partial charge in [-0.1, -0.05) is 11.6 Å². The number of esters is 1. The summed E-state index contributed by atoms with van der Waals surface area (Å²) in [7, 11) is 1.28. The normalized spacial score (nSPS) is 9.46. The van der Waals surface area contributed by atoms with E-state index in [1.807, 2.05) is 5.48 Å². The van der Waals surface area contributed by atoms with Crippen LogP contribution in [0.25, 0.3) is 0 Å². The van der Waals surface area contributed by atoms with Gasteiger partial charge in [0.2, 0.25) is 0 Å². The Hall–Kier alpha value is -1.26. The third-order valence-electron chi connectivity index (χ3n) is 1.51. The lowest BCUT2D eigenvalue weighted by Gasteiger charge is -2.04. The second-order valence-corrected chi connectivity index (χ2v) is 2.71. The molecular weight excluding hydrogens is 194 g/mol. The molecule has 0 saturated carbocycles. The van der Waals surface area contributed by atoms with Crippen LogP contribution in [0.15, 0.2) is 18.2 Å². The van der Waals surface area contributed by atoms with E-state index in [2.05, 4.69) is 4.74 Å². The molecule has 1 rings (SSSR count). The summed E-state index contributed by atoms with van der Waals surface area (Å²) < 4.78 is 4.48. The Morgan fingerprint density at radius 1 is 1.62 bits per heavy atom. The van der Waals surface area contributed by atoms with Gasteiger partial charge in [0.05, 0.1) is 23.4 Å². The molecule has 70 valence electrons. The van der Waals surface area contributed by atoms with Gasteiger partial charge in [-0.05, 0) is 18.2 Å². The highest BCUT2D eigenvalue weighted by molar-refractivity contribution is 6.33. The van der Waals surface area contributed by atoms with Crippen molar-refractivity contribution >= 4 is 23.3 Å². The number of ether oxygens (including phenoxy) is 1. The summed E-state index contributed by atoms with van der Waals surface area (Å²) in [5.74, 6) is -0.479. The smallest absolute Gasteiger partial charge is 0.337 e. The minimum atomic E-state index is -0.479. The van der Waals surface area contributed by atoms with Crippen molar-refractivity contribution in [3.05, 3.63) is 28.8 Å². The van der Waals surface area contributed by atoms with E-state index in [9.17, 15) is 4.79 Å². The second kappa shape index (κ2) is 4.11. The van der Waals surface area contributed by atoms with E-state index in [-0.39, 0.29) is 5.69 Å². The predicted octanol–water partition coefficient (Wildman–Crippen LogP) is 1.93. The summed E-state index contributed by atoms with van der Waals surface area (Å²) in [6.45, 7) is 0. The molecule has 0 aliphatic carbocycles. The van der Waals surface area contributed by atoms with Crippen LogP contribution in [0.2, 0.25) is 5.02 Å². The molecule has 5 heteroatoms. The number of methoxy groups -OCH3 is 1. The molecule has 0 fully saturated rings. The summed E-state index contributed by atoms with van der Waals surface area (Å²) in [6.07, 6.45) is 0. The monoisotopic (exact) mass is 201 g/mol. The second-order valence-electron chi connectivity index (χ2n) is 2.30. The molecule has 0 unspecified atom stereocenters. The number of carbonyl (C=O) groups excluding carboxylic acids is 1. The Balaban J connectivity index is 3.06. The van der Waals surface area contributed by atoms with Crippen molar-refractivity contribution in [1.29, 1.82) is 0 Å². The Bertz CT molecular complexity index is 327. The number of hydrogen-bond acceptors (Lipinski definition) is 4. The van der Waals surface area contributed by atoms with Crippen LogP contribution in [0.5, 0.6) is 0 Å².